The Kier molecular flexibility index (Phi) is 5.50. The van der Waals surface area contributed by atoms with Gasteiger partial charge in [-0.1, -0.05) is 18.2 Å². The predicted molar refractivity (Wildman–Crippen MR) is 101 cm³/mol. The largest absolute Gasteiger partial charge is 0.452 e. The molecule has 1 amide bonds. The number of sulfone groups is 1. The third kappa shape index (κ3) is 4.38. The molecule has 3 rings (SSSR count). The number of aryl methyl sites for hydroxylation is 1. The number of esters is 1. The topological polar surface area (TPSA) is 124 Å². The van der Waals surface area contributed by atoms with Crippen LogP contribution in [0.4, 0.5) is 0 Å². The lowest BCUT2D eigenvalue weighted by Gasteiger charge is -2.16. The average Bonchev–Trinajstić information content (AvgIpc) is 2.97. The first kappa shape index (κ1) is 20.0. The number of fused-ring (bicyclic) bond motifs is 1. The van der Waals surface area contributed by atoms with Crippen LogP contribution in [-0.4, -0.2) is 53.7 Å². The van der Waals surface area contributed by atoms with Crippen LogP contribution < -0.4 is 10.9 Å². The normalized spacial score (nSPS) is 19.3. The van der Waals surface area contributed by atoms with E-state index in [4.69, 9.17) is 4.74 Å². The van der Waals surface area contributed by atoms with Crippen molar-refractivity contribution in [3.05, 3.63) is 40.3 Å². The number of ether oxygens (including phenoxy) is 1. The van der Waals surface area contributed by atoms with Gasteiger partial charge in [0.05, 0.1) is 29.0 Å². The van der Waals surface area contributed by atoms with E-state index in [2.05, 4.69) is 10.4 Å². The van der Waals surface area contributed by atoms with E-state index in [9.17, 15) is 22.8 Å². The second-order valence-electron chi connectivity index (χ2n) is 6.84. The number of aromatic nitrogens is 2. The van der Waals surface area contributed by atoms with Gasteiger partial charge in [0, 0.05) is 18.5 Å². The molecule has 2 atom stereocenters. The molecule has 10 heteroatoms. The fraction of sp³-hybridized carbons (Fsp3) is 0.444. The summed E-state index contributed by atoms with van der Waals surface area (Å²) in [7, 11) is -1.62. The molecule has 1 aliphatic rings. The summed E-state index contributed by atoms with van der Waals surface area (Å²) >= 11 is 0. The van der Waals surface area contributed by atoms with Gasteiger partial charge in [-0.25, -0.2) is 13.1 Å². The molecule has 1 aromatic carbocycles. The number of carbonyl (C=O) groups is 2. The highest BCUT2D eigenvalue weighted by molar-refractivity contribution is 7.91. The van der Waals surface area contributed by atoms with E-state index in [1.165, 1.54) is 14.0 Å². The molecule has 150 valence electrons. The molecule has 2 aromatic rings. The standard InChI is InChI=1S/C18H21N3O6S/c1-11(17(23)19-12-7-8-28(25,26)10-12)27-16(22)9-15-13-5-3-4-6-14(13)18(24)21(2)20-15/h3-6,11-12H,7-10H2,1-2H3,(H,19,23)/t11-,12+/m1/s1. The molecule has 2 heterocycles. The smallest absolute Gasteiger partial charge is 0.312 e. The van der Waals surface area contributed by atoms with E-state index in [1.807, 2.05) is 0 Å². The van der Waals surface area contributed by atoms with Gasteiger partial charge in [-0.2, -0.15) is 5.10 Å². The van der Waals surface area contributed by atoms with Crippen LogP contribution in [-0.2, 0) is 37.6 Å². The molecule has 0 radical (unpaired) electrons. The lowest BCUT2D eigenvalue weighted by Crippen LogP contribution is -2.42. The van der Waals surface area contributed by atoms with Crippen LogP contribution >= 0.6 is 0 Å². The summed E-state index contributed by atoms with van der Waals surface area (Å²) in [4.78, 5) is 36.6. The molecule has 0 aliphatic carbocycles. The maximum Gasteiger partial charge on any atom is 0.312 e. The van der Waals surface area contributed by atoms with Crippen molar-refractivity contribution in [3.8, 4) is 0 Å². The molecule has 0 unspecified atom stereocenters. The molecule has 1 N–H and O–H groups in total. The van der Waals surface area contributed by atoms with Crippen molar-refractivity contribution in [2.45, 2.75) is 31.9 Å². The number of amides is 1. The monoisotopic (exact) mass is 407 g/mol. The van der Waals surface area contributed by atoms with Crippen LogP contribution in [0.25, 0.3) is 10.8 Å². The lowest BCUT2D eigenvalue weighted by atomic mass is 10.1. The van der Waals surface area contributed by atoms with Crippen LogP contribution in [0.1, 0.15) is 19.0 Å². The second kappa shape index (κ2) is 7.70. The Morgan fingerprint density at radius 3 is 2.64 bits per heavy atom. The summed E-state index contributed by atoms with van der Waals surface area (Å²) in [6.07, 6.45) is -0.929. The van der Waals surface area contributed by atoms with Gasteiger partial charge in [0.1, 0.15) is 0 Å². The van der Waals surface area contributed by atoms with Gasteiger partial charge in [0.15, 0.2) is 15.9 Å². The Hall–Kier alpha value is -2.75. The number of hydrogen-bond acceptors (Lipinski definition) is 7. The summed E-state index contributed by atoms with van der Waals surface area (Å²) in [6.45, 7) is 1.42. The van der Waals surface area contributed by atoms with Crippen LogP contribution in [0.3, 0.4) is 0 Å². The Balaban J connectivity index is 1.66. The lowest BCUT2D eigenvalue weighted by molar-refractivity contribution is -0.154. The minimum atomic E-state index is -3.12. The molecule has 28 heavy (non-hydrogen) atoms. The van der Waals surface area contributed by atoms with E-state index in [-0.39, 0.29) is 23.5 Å². The number of carbonyl (C=O) groups excluding carboxylic acids is 2. The number of benzene rings is 1. The fourth-order valence-corrected chi connectivity index (χ4v) is 4.84. The summed E-state index contributed by atoms with van der Waals surface area (Å²) in [6, 6.07) is 6.35. The van der Waals surface area contributed by atoms with Crippen LogP contribution in [0, 0.1) is 0 Å². The SMILES string of the molecule is C[C@@H](OC(=O)Cc1nn(C)c(=O)c2ccccc12)C(=O)N[C@H]1CCS(=O)(=O)C1. The molecule has 1 aliphatic heterocycles. The average molecular weight is 407 g/mol. The van der Waals surface area contributed by atoms with Crippen molar-refractivity contribution in [2.24, 2.45) is 7.05 Å². The third-order valence-electron chi connectivity index (χ3n) is 4.60. The highest BCUT2D eigenvalue weighted by Crippen LogP contribution is 2.15. The van der Waals surface area contributed by atoms with Crippen LogP contribution in [0.5, 0.6) is 0 Å². The zero-order chi connectivity index (χ0) is 20.5. The highest BCUT2D eigenvalue weighted by atomic mass is 32.2. The van der Waals surface area contributed by atoms with E-state index in [0.29, 0.717) is 22.9 Å². The first-order chi connectivity index (χ1) is 13.2. The molecular weight excluding hydrogens is 386 g/mol. The number of hydrogen-bond donors (Lipinski definition) is 1. The number of rotatable bonds is 5. The molecule has 0 spiro atoms. The molecule has 0 bridgehead atoms. The maximum absolute atomic E-state index is 12.3. The van der Waals surface area contributed by atoms with Gasteiger partial charge in [-0.05, 0) is 19.4 Å². The van der Waals surface area contributed by atoms with E-state index < -0.39 is 33.9 Å². The zero-order valence-electron chi connectivity index (χ0n) is 15.5. The second-order valence-corrected chi connectivity index (χ2v) is 9.07. The molecule has 1 aromatic heterocycles. The minimum absolute atomic E-state index is 0.0393. The first-order valence-corrected chi connectivity index (χ1v) is 10.6. The van der Waals surface area contributed by atoms with Crippen molar-refractivity contribution in [3.63, 3.8) is 0 Å². The van der Waals surface area contributed by atoms with Gasteiger partial charge in [-0.3, -0.25) is 14.4 Å². The summed E-state index contributed by atoms with van der Waals surface area (Å²) in [5.74, 6) is -1.28. The van der Waals surface area contributed by atoms with E-state index >= 15 is 0 Å². The van der Waals surface area contributed by atoms with Gasteiger partial charge in [0.25, 0.3) is 11.5 Å². The number of nitrogens with zero attached hydrogens (tertiary/aromatic N) is 2. The van der Waals surface area contributed by atoms with Crippen molar-refractivity contribution < 1.29 is 22.7 Å². The molecule has 1 fully saturated rings. The van der Waals surface area contributed by atoms with Gasteiger partial charge in [0.2, 0.25) is 0 Å². The Morgan fingerprint density at radius 1 is 1.32 bits per heavy atom. The van der Waals surface area contributed by atoms with E-state index in [0.717, 1.165) is 4.68 Å². The maximum atomic E-state index is 12.3. The molecule has 9 nitrogen and oxygen atoms in total. The predicted octanol–water partition coefficient (Wildman–Crippen LogP) is -0.289. The van der Waals surface area contributed by atoms with Gasteiger partial charge in [-0.15, -0.1) is 0 Å². The quantitative estimate of drug-likeness (QED) is 0.675. The summed E-state index contributed by atoms with van der Waals surface area (Å²) < 4.78 is 29.3. The van der Waals surface area contributed by atoms with Crippen molar-refractivity contribution >= 4 is 32.5 Å². The number of nitrogens with one attached hydrogen (secondary N) is 1. The van der Waals surface area contributed by atoms with Crippen molar-refractivity contribution in [1.82, 2.24) is 15.1 Å². The Labute approximate surface area is 161 Å². The summed E-state index contributed by atoms with van der Waals surface area (Å²) in [5.41, 5.74) is 0.101. The Morgan fingerprint density at radius 2 is 2.00 bits per heavy atom. The zero-order valence-corrected chi connectivity index (χ0v) is 16.4. The van der Waals surface area contributed by atoms with Gasteiger partial charge >= 0.3 is 5.97 Å². The first-order valence-electron chi connectivity index (χ1n) is 8.81. The minimum Gasteiger partial charge on any atom is -0.452 e. The molecular formula is C18H21N3O6S. The van der Waals surface area contributed by atoms with Crippen molar-refractivity contribution in [2.75, 3.05) is 11.5 Å². The third-order valence-corrected chi connectivity index (χ3v) is 6.37. The van der Waals surface area contributed by atoms with Crippen molar-refractivity contribution in [1.29, 1.82) is 0 Å². The summed E-state index contributed by atoms with van der Waals surface area (Å²) in [5, 5.41) is 7.71. The van der Waals surface area contributed by atoms with E-state index in [1.54, 1.807) is 24.3 Å². The Bertz CT molecular complexity index is 1090. The van der Waals surface area contributed by atoms with Crippen LogP contribution in [0.2, 0.25) is 0 Å². The molecule has 0 saturated carbocycles. The molecule has 1 saturated heterocycles. The fourth-order valence-electron chi connectivity index (χ4n) is 3.16. The van der Waals surface area contributed by atoms with Crippen LogP contribution in [0.15, 0.2) is 29.1 Å². The van der Waals surface area contributed by atoms with Gasteiger partial charge < -0.3 is 10.1 Å². The highest BCUT2D eigenvalue weighted by Gasteiger charge is 2.30.